The van der Waals surface area contributed by atoms with Crippen LogP contribution in [0.25, 0.3) is 0 Å². The monoisotopic (exact) mass is 592 g/mol. The van der Waals surface area contributed by atoms with E-state index in [2.05, 4.69) is 37.2 Å². The van der Waals surface area contributed by atoms with Gasteiger partial charge in [0.1, 0.15) is 5.75 Å². The Kier molecular flexibility index (Phi) is 7.47. The van der Waals surface area contributed by atoms with Gasteiger partial charge in [0.05, 0.1) is 18.5 Å². The fraction of sp³-hybridized carbons (Fsp3) is 0.375. The molecule has 2 aromatic rings. The summed E-state index contributed by atoms with van der Waals surface area (Å²) in [5.74, 6) is 0.501. The average Bonchev–Trinajstić information content (AvgIpc) is 2.84. The molecule has 0 unspecified atom stereocenters. The number of nitrogens with two attached hydrogens (primary N) is 1. The Bertz CT molecular complexity index is 1110. The highest BCUT2D eigenvalue weighted by atomic mass is 79.9. The first-order valence-electron chi connectivity index (χ1n) is 11.1. The number of carbonyl (C=O) groups excluding carboxylic acids is 3. The summed E-state index contributed by atoms with van der Waals surface area (Å²) >= 11 is 6.69. The van der Waals surface area contributed by atoms with E-state index in [0.29, 0.717) is 58.4 Å². The van der Waals surface area contributed by atoms with Crippen molar-refractivity contribution in [2.75, 3.05) is 31.2 Å². The molecule has 1 saturated heterocycles. The van der Waals surface area contributed by atoms with Gasteiger partial charge in [-0.15, -0.1) is 0 Å². The minimum atomic E-state index is -0.145. The van der Waals surface area contributed by atoms with Crippen molar-refractivity contribution in [3.8, 4) is 5.75 Å². The molecule has 1 fully saturated rings. The minimum Gasteiger partial charge on any atom is -0.495 e. The molecule has 0 atom stereocenters. The second-order valence-electron chi connectivity index (χ2n) is 8.44. The number of anilines is 2. The molecule has 2 aromatic carbocycles. The summed E-state index contributed by atoms with van der Waals surface area (Å²) < 4.78 is 6.64. The van der Waals surface area contributed by atoms with Crippen LogP contribution in [0.15, 0.2) is 39.3 Å². The van der Waals surface area contributed by atoms with Crippen molar-refractivity contribution in [2.24, 2.45) is 0 Å². The maximum absolute atomic E-state index is 12.7. The molecule has 3 N–H and O–H groups in total. The van der Waals surface area contributed by atoms with E-state index in [4.69, 9.17) is 10.5 Å². The summed E-state index contributed by atoms with van der Waals surface area (Å²) in [6.45, 7) is 1.63. The number of piperidine rings is 1. The number of rotatable bonds is 6. The third kappa shape index (κ3) is 5.07. The summed E-state index contributed by atoms with van der Waals surface area (Å²) in [4.78, 5) is 41.7. The van der Waals surface area contributed by atoms with Crippen LogP contribution >= 0.6 is 31.9 Å². The number of nitrogens with one attached hydrogen (secondary N) is 1. The van der Waals surface area contributed by atoms with Crippen LogP contribution in [0.3, 0.4) is 0 Å². The number of hydrogen-bond donors (Lipinski definition) is 2. The molecule has 2 aliphatic rings. The normalized spacial score (nSPS) is 16.1. The molecule has 180 valence electrons. The lowest BCUT2D eigenvalue weighted by atomic mass is 10.00. The zero-order chi connectivity index (χ0) is 24.4. The van der Waals surface area contributed by atoms with E-state index < -0.39 is 0 Å². The molecule has 10 heteroatoms. The van der Waals surface area contributed by atoms with Crippen molar-refractivity contribution >= 4 is 61.0 Å². The third-order valence-corrected chi connectivity index (χ3v) is 7.70. The number of likely N-dealkylation sites (tertiary alicyclic amines) is 1. The van der Waals surface area contributed by atoms with Gasteiger partial charge in [-0.3, -0.25) is 9.59 Å². The number of Topliss-reactive ketones (excluding diaryl/α,β-unsaturated/α-hetero) is 1. The lowest BCUT2D eigenvalue weighted by Gasteiger charge is -2.40. The topological polar surface area (TPSA) is 105 Å². The minimum absolute atomic E-state index is 0.0430. The smallest absolute Gasteiger partial charge is 0.322 e. The number of methoxy groups -OCH3 is 1. The average molecular weight is 594 g/mol. The molecule has 0 bridgehead atoms. The highest BCUT2D eigenvalue weighted by molar-refractivity contribution is 9.11. The number of urea groups is 1. The van der Waals surface area contributed by atoms with Crippen molar-refractivity contribution in [2.45, 2.75) is 38.3 Å². The molecular formula is C24H26Br2N4O4. The second-order valence-corrected chi connectivity index (χ2v) is 10.1. The SMILES string of the molecule is COc1cccc2c1NC(=O)N(C1CCN(C(=O)CCC(=O)c3cc(Br)c(N)c(Br)c3)CC1)C2. The number of carbonyl (C=O) groups is 3. The number of amides is 3. The number of para-hydroxylation sites is 1. The molecule has 0 aliphatic carbocycles. The van der Waals surface area contributed by atoms with Crippen LogP contribution in [0.1, 0.15) is 41.6 Å². The van der Waals surface area contributed by atoms with Crippen molar-refractivity contribution in [1.29, 1.82) is 0 Å². The van der Waals surface area contributed by atoms with Gasteiger partial charge in [0, 0.05) is 53.0 Å². The molecule has 2 aliphatic heterocycles. The molecule has 8 nitrogen and oxygen atoms in total. The Morgan fingerprint density at radius 2 is 1.82 bits per heavy atom. The number of nitrogens with zero attached hydrogens (tertiary/aromatic N) is 2. The second kappa shape index (κ2) is 10.4. The molecule has 0 spiro atoms. The first-order chi connectivity index (χ1) is 16.3. The van der Waals surface area contributed by atoms with E-state index in [1.165, 1.54) is 0 Å². The molecule has 0 aromatic heterocycles. The van der Waals surface area contributed by atoms with E-state index in [1.54, 1.807) is 24.1 Å². The quantitative estimate of drug-likeness (QED) is 0.370. The third-order valence-electron chi connectivity index (χ3n) is 6.39. The Labute approximate surface area is 215 Å². The zero-order valence-electron chi connectivity index (χ0n) is 18.8. The van der Waals surface area contributed by atoms with Crippen LogP contribution < -0.4 is 15.8 Å². The van der Waals surface area contributed by atoms with Gasteiger partial charge in [0.2, 0.25) is 5.91 Å². The summed E-state index contributed by atoms with van der Waals surface area (Å²) in [6.07, 6.45) is 1.68. The van der Waals surface area contributed by atoms with Crippen LogP contribution in [-0.2, 0) is 11.3 Å². The number of benzene rings is 2. The van der Waals surface area contributed by atoms with Crippen molar-refractivity contribution < 1.29 is 19.1 Å². The molecule has 34 heavy (non-hydrogen) atoms. The fourth-order valence-electron chi connectivity index (χ4n) is 4.44. The summed E-state index contributed by atoms with van der Waals surface area (Å²) in [7, 11) is 1.59. The molecule has 0 saturated carbocycles. The highest BCUT2D eigenvalue weighted by Crippen LogP contribution is 2.34. The predicted octanol–water partition coefficient (Wildman–Crippen LogP) is 4.80. The van der Waals surface area contributed by atoms with Crippen LogP contribution in [0.2, 0.25) is 0 Å². The van der Waals surface area contributed by atoms with Crippen molar-refractivity contribution in [1.82, 2.24) is 9.80 Å². The number of hydrogen-bond acceptors (Lipinski definition) is 5. The highest BCUT2D eigenvalue weighted by Gasteiger charge is 2.33. The Hall–Kier alpha value is -2.59. The van der Waals surface area contributed by atoms with Crippen molar-refractivity contribution in [3.05, 3.63) is 50.4 Å². The first-order valence-corrected chi connectivity index (χ1v) is 12.7. The standard InChI is InChI=1S/C24H26Br2N4O4/c1-34-20-4-2-3-14-13-30(24(33)28-23(14)20)16-7-9-29(10-8-16)21(32)6-5-19(31)15-11-17(25)22(27)18(26)12-15/h2-4,11-12,16H,5-10,13,27H2,1H3,(H,28,33). The number of nitrogen functional groups attached to an aromatic ring is 1. The van der Waals surface area contributed by atoms with E-state index in [9.17, 15) is 14.4 Å². The van der Waals surface area contributed by atoms with Crippen LogP contribution in [0.4, 0.5) is 16.2 Å². The van der Waals surface area contributed by atoms with Gasteiger partial charge >= 0.3 is 6.03 Å². The maximum atomic E-state index is 12.7. The van der Waals surface area contributed by atoms with Crippen LogP contribution in [0, 0.1) is 0 Å². The fourth-order valence-corrected chi connectivity index (χ4v) is 5.63. The maximum Gasteiger partial charge on any atom is 0.322 e. The molecule has 2 heterocycles. The van der Waals surface area contributed by atoms with Crippen molar-refractivity contribution in [3.63, 3.8) is 0 Å². The van der Waals surface area contributed by atoms with Crippen LogP contribution in [-0.4, -0.2) is 53.8 Å². The van der Waals surface area contributed by atoms with Gasteiger partial charge < -0.3 is 25.6 Å². The van der Waals surface area contributed by atoms with Gasteiger partial charge in [0.25, 0.3) is 0 Å². The van der Waals surface area contributed by atoms with Gasteiger partial charge in [-0.25, -0.2) is 4.79 Å². The van der Waals surface area contributed by atoms with Gasteiger partial charge in [-0.1, -0.05) is 12.1 Å². The van der Waals surface area contributed by atoms with E-state index >= 15 is 0 Å². The van der Waals surface area contributed by atoms with E-state index in [-0.39, 0.29) is 36.6 Å². The van der Waals surface area contributed by atoms with E-state index in [0.717, 1.165) is 11.3 Å². The Morgan fingerprint density at radius 1 is 1.15 bits per heavy atom. The Balaban J connectivity index is 1.30. The van der Waals surface area contributed by atoms with Gasteiger partial charge in [-0.2, -0.15) is 0 Å². The van der Waals surface area contributed by atoms with Gasteiger partial charge in [-0.05, 0) is 68.5 Å². The molecular weight excluding hydrogens is 568 g/mol. The number of fused-ring (bicyclic) bond motifs is 1. The predicted molar refractivity (Wildman–Crippen MR) is 137 cm³/mol. The number of ketones is 1. The van der Waals surface area contributed by atoms with Crippen LogP contribution in [0.5, 0.6) is 5.75 Å². The lowest BCUT2D eigenvalue weighted by Crippen LogP contribution is -2.51. The zero-order valence-corrected chi connectivity index (χ0v) is 21.9. The molecule has 3 amide bonds. The van der Waals surface area contributed by atoms with E-state index in [1.807, 2.05) is 23.1 Å². The molecule has 0 radical (unpaired) electrons. The summed E-state index contributed by atoms with van der Waals surface area (Å²) in [5.41, 5.74) is 8.65. The summed E-state index contributed by atoms with van der Waals surface area (Å²) in [6, 6.07) is 8.98. The number of ether oxygens (including phenoxy) is 1. The lowest BCUT2D eigenvalue weighted by molar-refractivity contribution is -0.132. The van der Waals surface area contributed by atoms with Gasteiger partial charge in [0.15, 0.2) is 5.78 Å². The largest absolute Gasteiger partial charge is 0.495 e. The first kappa shape index (κ1) is 24.5. The number of halogens is 2. The Morgan fingerprint density at radius 3 is 2.47 bits per heavy atom. The summed E-state index contributed by atoms with van der Waals surface area (Å²) in [5, 5.41) is 2.95. The molecule has 4 rings (SSSR count).